The third kappa shape index (κ3) is 6.48. The largest absolute Gasteiger partial charge is 0.494 e. The predicted octanol–water partition coefficient (Wildman–Crippen LogP) is 5.43. The molecule has 3 aliphatic rings. The highest BCUT2D eigenvalue weighted by Crippen LogP contribution is 2.61. The Bertz CT molecular complexity index is 1550. The van der Waals surface area contributed by atoms with Crippen molar-refractivity contribution in [3.05, 3.63) is 73.8 Å². The summed E-state index contributed by atoms with van der Waals surface area (Å²) in [5.74, 6) is -2.26. The fraction of sp³-hybridized carbons (Fsp3) is 0.513. The number of aliphatic hydroxyl groups excluding tert-OH is 1. The molecule has 3 aliphatic heterocycles. The summed E-state index contributed by atoms with van der Waals surface area (Å²) in [4.78, 5) is 51.4. The molecule has 0 aliphatic carbocycles. The standard InChI is InChI=1S/C39H51BrN4O6/c1-8-21-42(28-17-19-29(20-18-28)49-12-5)36(46)32-33-37(47)44(31(24-45)25(6)7)35(39(33)23-30(40)34(32)50-39)38(48)43(22-9-2)27-15-13-26(14-16-27)41(10-3)11-4/h8-9,13-20,25,30-35,45H,1-2,10-12,21-24H2,3-7H3/t30?,31-,32-,33-,34-,35?,39?/m0/s1. The van der Waals surface area contributed by atoms with E-state index in [9.17, 15) is 14.7 Å². The quantitative estimate of drug-likeness (QED) is 0.180. The Balaban J connectivity index is 1.59. The average Bonchev–Trinajstić information content (AvgIpc) is 3.70. The Kier molecular flexibility index (Phi) is 11.8. The van der Waals surface area contributed by atoms with E-state index in [4.69, 9.17) is 9.47 Å². The van der Waals surface area contributed by atoms with Gasteiger partial charge in [0.05, 0.1) is 37.2 Å². The van der Waals surface area contributed by atoms with Crippen molar-refractivity contribution in [2.45, 2.75) is 69.7 Å². The van der Waals surface area contributed by atoms with Crippen LogP contribution >= 0.6 is 15.9 Å². The Morgan fingerprint density at radius 2 is 1.52 bits per heavy atom. The minimum absolute atomic E-state index is 0.178. The van der Waals surface area contributed by atoms with E-state index in [1.165, 1.54) is 4.90 Å². The molecular weight excluding hydrogens is 700 g/mol. The number of carbonyl (C=O) groups is 3. The van der Waals surface area contributed by atoms with E-state index >= 15 is 4.79 Å². The van der Waals surface area contributed by atoms with E-state index in [0.29, 0.717) is 30.2 Å². The van der Waals surface area contributed by atoms with Gasteiger partial charge < -0.3 is 34.2 Å². The number of anilines is 3. The molecule has 0 radical (unpaired) electrons. The van der Waals surface area contributed by atoms with Crippen LogP contribution in [-0.4, -0.2) is 95.7 Å². The number of alkyl halides is 1. The summed E-state index contributed by atoms with van der Waals surface area (Å²) in [5, 5.41) is 10.7. The van der Waals surface area contributed by atoms with Crippen molar-refractivity contribution in [2.24, 2.45) is 17.8 Å². The van der Waals surface area contributed by atoms with E-state index in [0.717, 1.165) is 18.8 Å². The number of ether oxygens (including phenoxy) is 2. The van der Waals surface area contributed by atoms with Crippen LogP contribution in [0.4, 0.5) is 17.1 Å². The van der Waals surface area contributed by atoms with Crippen LogP contribution in [-0.2, 0) is 19.1 Å². The van der Waals surface area contributed by atoms with Gasteiger partial charge in [0.15, 0.2) is 0 Å². The Labute approximate surface area is 304 Å². The number of hydrogen-bond donors (Lipinski definition) is 1. The first-order valence-corrected chi connectivity index (χ1v) is 18.6. The van der Waals surface area contributed by atoms with Crippen molar-refractivity contribution in [1.29, 1.82) is 0 Å². The molecule has 50 heavy (non-hydrogen) atoms. The van der Waals surface area contributed by atoms with Crippen LogP contribution in [0.3, 0.4) is 0 Å². The maximum absolute atomic E-state index is 15.1. The first kappa shape index (κ1) is 37.6. The van der Waals surface area contributed by atoms with E-state index in [2.05, 4.69) is 47.8 Å². The molecule has 0 aromatic heterocycles. The number of aliphatic hydroxyl groups is 1. The van der Waals surface area contributed by atoms with Crippen LogP contribution in [0.15, 0.2) is 73.8 Å². The molecule has 10 nitrogen and oxygen atoms in total. The molecule has 5 rings (SSSR count). The Morgan fingerprint density at radius 3 is 2.02 bits per heavy atom. The number of nitrogens with zero attached hydrogens (tertiary/aromatic N) is 4. The lowest BCUT2D eigenvalue weighted by atomic mass is 9.70. The second-order valence-electron chi connectivity index (χ2n) is 13.5. The summed E-state index contributed by atoms with van der Waals surface area (Å²) in [7, 11) is 0. The minimum Gasteiger partial charge on any atom is -0.494 e. The van der Waals surface area contributed by atoms with Gasteiger partial charge in [-0.15, -0.1) is 13.2 Å². The van der Waals surface area contributed by atoms with Crippen molar-refractivity contribution in [3.8, 4) is 5.75 Å². The van der Waals surface area contributed by atoms with E-state index < -0.39 is 35.6 Å². The lowest BCUT2D eigenvalue weighted by molar-refractivity contribution is -0.145. The zero-order valence-electron chi connectivity index (χ0n) is 29.8. The molecule has 3 fully saturated rings. The van der Waals surface area contributed by atoms with Gasteiger partial charge in [-0.3, -0.25) is 14.4 Å². The second kappa shape index (κ2) is 15.7. The molecule has 1 N–H and O–H groups in total. The summed E-state index contributed by atoms with van der Waals surface area (Å²) in [6, 6.07) is 13.3. The number of halogens is 1. The van der Waals surface area contributed by atoms with Crippen LogP contribution in [0.25, 0.3) is 0 Å². The van der Waals surface area contributed by atoms with Crippen molar-refractivity contribution in [3.63, 3.8) is 0 Å². The molecule has 0 saturated carbocycles. The third-order valence-electron chi connectivity index (χ3n) is 10.5. The molecule has 3 heterocycles. The van der Waals surface area contributed by atoms with Gasteiger partial charge in [-0.1, -0.05) is 41.9 Å². The molecule has 2 bridgehead atoms. The SMILES string of the molecule is C=CCN(C(=O)C1N([C@@H](CO)C(C)C)C(=O)[C@@H]2[C@H](C(=O)N(CC=C)c3ccc(OCC)cc3)[C@H]3OC12CC3Br)c1ccc(N(CC)CC)cc1. The van der Waals surface area contributed by atoms with Crippen LogP contribution in [0.1, 0.15) is 41.0 Å². The van der Waals surface area contributed by atoms with Gasteiger partial charge in [0, 0.05) is 48.1 Å². The molecule has 3 unspecified atom stereocenters. The first-order chi connectivity index (χ1) is 24.0. The highest BCUT2D eigenvalue weighted by molar-refractivity contribution is 9.09. The molecule has 7 atom stereocenters. The summed E-state index contributed by atoms with van der Waals surface area (Å²) >= 11 is 3.80. The van der Waals surface area contributed by atoms with Crippen LogP contribution in [0, 0.1) is 17.8 Å². The third-order valence-corrected chi connectivity index (χ3v) is 11.3. The fourth-order valence-electron chi connectivity index (χ4n) is 8.16. The summed E-state index contributed by atoms with van der Waals surface area (Å²) in [6.45, 7) is 20.0. The zero-order chi connectivity index (χ0) is 36.3. The molecule has 3 amide bonds. The number of amides is 3. The van der Waals surface area contributed by atoms with Gasteiger partial charge in [0.25, 0.3) is 5.91 Å². The van der Waals surface area contributed by atoms with Gasteiger partial charge in [-0.2, -0.15) is 0 Å². The smallest absolute Gasteiger partial charge is 0.253 e. The van der Waals surface area contributed by atoms with E-state index in [1.54, 1.807) is 22.0 Å². The molecule has 1 spiro atoms. The minimum atomic E-state index is -1.30. The molecular formula is C39H51BrN4O6. The Hall–Kier alpha value is -3.67. The van der Waals surface area contributed by atoms with Crippen LogP contribution in [0.5, 0.6) is 5.75 Å². The molecule has 2 aromatic rings. The predicted molar refractivity (Wildman–Crippen MR) is 201 cm³/mol. The van der Waals surface area contributed by atoms with Crippen molar-refractivity contribution < 1.29 is 29.0 Å². The molecule has 3 saturated heterocycles. The highest BCUT2D eigenvalue weighted by atomic mass is 79.9. The number of likely N-dealkylation sites (tertiary alicyclic amines) is 1. The number of carbonyl (C=O) groups excluding carboxylic acids is 3. The van der Waals surface area contributed by atoms with Gasteiger partial charge in [-0.25, -0.2) is 0 Å². The molecule has 11 heteroatoms. The maximum Gasteiger partial charge on any atom is 0.253 e. The lowest BCUT2D eigenvalue weighted by Gasteiger charge is -2.40. The summed E-state index contributed by atoms with van der Waals surface area (Å²) < 4.78 is 12.4. The molecule has 270 valence electrons. The van der Waals surface area contributed by atoms with Crippen molar-refractivity contribution in [1.82, 2.24) is 4.90 Å². The summed E-state index contributed by atoms with van der Waals surface area (Å²) in [6.07, 6.45) is 3.03. The zero-order valence-corrected chi connectivity index (χ0v) is 31.4. The van der Waals surface area contributed by atoms with Crippen LogP contribution < -0.4 is 19.4 Å². The number of benzene rings is 2. The number of rotatable bonds is 16. The maximum atomic E-state index is 15.1. The van der Waals surface area contributed by atoms with Gasteiger partial charge in [-0.05, 0) is 81.6 Å². The van der Waals surface area contributed by atoms with Crippen molar-refractivity contribution in [2.75, 3.05) is 54.1 Å². The van der Waals surface area contributed by atoms with Crippen LogP contribution in [0.2, 0.25) is 0 Å². The molecule has 2 aromatic carbocycles. The summed E-state index contributed by atoms with van der Waals surface area (Å²) in [5.41, 5.74) is 1.04. The fourth-order valence-corrected chi connectivity index (χ4v) is 9.10. The Morgan fingerprint density at radius 1 is 0.980 bits per heavy atom. The topological polar surface area (TPSA) is 103 Å². The lowest BCUT2D eigenvalue weighted by Crippen LogP contribution is -2.60. The van der Waals surface area contributed by atoms with Gasteiger partial charge >= 0.3 is 0 Å². The number of hydrogen-bond acceptors (Lipinski definition) is 7. The monoisotopic (exact) mass is 750 g/mol. The average molecular weight is 752 g/mol. The second-order valence-corrected chi connectivity index (χ2v) is 14.7. The van der Waals surface area contributed by atoms with Crippen molar-refractivity contribution >= 4 is 50.7 Å². The van der Waals surface area contributed by atoms with Gasteiger partial charge in [0.1, 0.15) is 17.4 Å². The first-order valence-electron chi connectivity index (χ1n) is 17.7. The normalized spacial score (nSPS) is 25.7. The highest BCUT2D eigenvalue weighted by Gasteiger charge is 2.77. The van der Waals surface area contributed by atoms with E-state index in [-0.39, 0.29) is 48.2 Å². The number of fused-ring (bicyclic) bond motifs is 1. The van der Waals surface area contributed by atoms with Gasteiger partial charge in [0.2, 0.25) is 11.8 Å². The van der Waals surface area contributed by atoms with E-state index in [1.807, 2.05) is 69.3 Å².